The zero-order chi connectivity index (χ0) is 22.2. The highest BCUT2D eigenvalue weighted by Crippen LogP contribution is 2.51. The van der Waals surface area contributed by atoms with Gasteiger partial charge in [0.1, 0.15) is 6.04 Å². The van der Waals surface area contributed by atoms with Crippen molar-refractivity contribution in [2.75, 3.05) is 46.4 Å². The third-order valence-corrected chi connectivity index (χ3v) is 7.44. The number of nitrogens with zero attached hydrogens (tertiary/aromatic N) is 2. The lowest BCUT2D eigenvalue weighted by atomic mass is 9.94. The maximum Gasteiger partial charge on any atom is 0.247 e. The van der Waals surface area contributed by atoms with E-state index in [1.165, 1.54) is 0 Å². The third kappa shape index (κ3) is 5.19. The topological polar surface area (TPSA) is 61.9 Å². The second-order valence-corrected chi connectivity index (χ2v) is 10.5. The lowest BCUT2D eigenvalue weighted by Gasteiger charge is -2.35. The Balaban J connectivity index is 1.46. The molecule has 0 aromatic heterocycles. The van der Waals surface area contributed by atoms with Crippen LogP contribution in [0.3, 0.4) is 0 Å². The van der Waals surface area contributed by atoms with Gasteiger partial charge >= 0.3 is 0 Å². The van der Waals surface area contributed by atoms with Crippen LogP contribution in [0.15, 0.2) is 18.2 Å². The van der Waals surface area contributed by atoms with Crippen LogP contribution >= 0.6 is 23.2 Å². The minimum absolute atomic E-state index is 0.0691. The van der Waals surface area contributed by atoms with Crippen molar-refractivity contribution in [1.82, 2.24) is 15.1 Å². The summed E-state index contributed by atoms with van der Waals surface area (Å²) in [4.78, 5) is 30.7. The minimum Gasteiger partial charge on any atom is -0.378 e. The van der Waals surface area contributed by atoms with Crippen molar-refractivity contribution < 1.29 is 14.3 Å². The van der Waals surface area contributed by atoms with Crippen molar-refractivity contribution in [3.63, 3.8) is 0 Å². The molecule has 1 atom stereocenters. The normalized spacial score (nSPS) is 22.6. The van der Waals surface area contributed by atoms with Gasteiger partial charge in [-0.25, -0.2) is 0 Å². The molecule has 0 unspecified atom stereocenters. The van der Waals surface area contributed by atoms with Crippen LogP contribution in [0, 0.1) is 5.41 Å². The first-order chi connectivity index (χ1) is 14.7. The number of hydrogen-bond donors (Lipinski definition) is 1. The molecule has 1 aliphatic heterocycles. The summed E-state index contributed by atoms with van der Waals surface area (Å²) in [5.74, 6) is -0.231. The fraction of sp³-hybridized carbons (Fsp3) is 0.652. The predicted molar refractivity (Wildman–Crippen MR) is 122 cm³/mol. The molecule has 1 aromatic carbocycles. The van der Waals surface area contributed by atoms with Gasteiger partial charge in [-0.3, -0.25) is 9.59 Å². The Morgan fingerprint density at radius 3 is 2.39 bits per heavy atom. The number of amides is 2. The fourth-order valence-corrected chi connectivity index (χ4v) is 4.71. The van der Waals surface area contributed by atoms with E-state index in [0.29, 0.717) is 42.6 Å². The zero-order valence-electron chi connectivity index (χ0n) is 18.3. The summed E-state index contributed by atoms with van der Waals surface area (Å²) in [6.07, 6.45) is 3.70. The molecule has 2 saturated carbocycles. The Morgan fingerprint density at radius 1 is 1.13 bits per heavy atom. The summed E-state index contributed by atoms with van der Waals surface area (Å²) in [5, 5.41) is 4.04. The van der Waals surface area contributed by atoms with Gasteiger partial charge < -0.3 is 19.9 Å². The first-order valence-electron chi connectivity index (χ1n) is 11.0. The van der Waals surface area contributed by atoms with Crippen LogP contribution in [0.1, 0.15) is 38.2 Å². The van der Waals surface area contributed by atoms with Crippen molar-refractivity contribution in [1.29, 1.82) is 0 Å². The molecule has 1 heterocycles. The summed E-state index contributed by atoms with van der Waals surface area (Å²) < 4.78 is 5.92. The number of rotatable bonds is 8. The number of carbonyl (C=O) groups excluding carboxylic acids is 2. The number of halogens is 2. The van der Waals surface area contributed by atoms with Gasteiger partial charge in [0.15, 0.2) is 0 Å². The van der Waals surface area contributed by atoms with Crippen LogP contribution in [0.2, 0.25) is 10.0 Å². The zero-order valence-corrected chi connectivity index (χ0v) is 19.8. The molecule has 3 fully saturated rings. The summed E-state index contributed by atoms with van der Waals surface area (Å²) in [7, 11) is 2.05. The largest absolute Gasteiger partial charge is 0.378 e. The van der Waals surface area contributed by atoms with Gasteiger partial charge in [-0.1, -0.05) is 36.2 Å². The van der Waals surface area contributed by atoms with Gasteiger partial charge in [-0.2, -0.15) is 0 Å². The van der Waals surface area contributed by atoms with Crippen LogP contribution in [-0.2, 0) is 19.7 Å². The van der Waals surface area contributed by atoms with Crippen LogP contribution < -0.4 is 5.32 Å². The number of piperazine rings is 1. The van der Waals surface area contributed by atoms with Gasteiger partial charge in [-0.15, -0.1) is 0 Å². The maximum absolute atomic E-state index is 13.3. The van der Waals surface area contributed by atoms with E-state index in [1.807, 2.05) is 18.0 Å². The second-order valence-electron chi connectivity index (χ2n) is 9.69. The Labute approximate surface area is 194 Å². The van der Waals surface area contributed by atoms with E-state index < -0.39 is 11.5 Å². The van der Waals surface area contributed by atoms with Crippen molar-refractivity contribution >= 4 is 35.0 Å². The highest BCUT2D eigenvalue weighted by atomic mass is 35.5. The molecular weight excluding hydrogens is 437 g/mol. The summed E-state index contributed by atoms with van der Waals surface area (Å²) in [6.45, 7) is 5.97. The molecule has 3 aliphatic rings. The van der Waals surface area contributed by atoms with E-state index in [-0.39, 0.29) is 23.8 Å². The fourth-order valence-electron chi connectivity index (χ4n) is 4.12. The van der Waals surface area contributed by atoms with Crippen LogP contribution in [0.25, 0.3) is 0 Å². The molecule has 2 aliphatic carbocycles. The maximum atomic E-state index is 13.3. The van der Waals surface area contributed by atoms with Crippen molar-refractivity contribution in [2.24, 2.45) is 5.41 Å². The Bertz CT molecular complexity index is 846. The molecular formula is C23H31Cl2N3O3. The first-order valence-corrected chi connectivity index (χ1v) is 11.8. The SMILES string of the molecule is CN1CCN(C(=O)[C@H](COCC2(C)CC2)NC(=O)C2(c3ccc(Cl)cc3Cl)CC2)CC1. The number of ether oxygens (including phenoxy) is 1. The number of benzene rings is 1. The van der Waals surface area contributed by atoms with Gasteiger partial charge in [0.05, 0.1) is 18.6 Å². The third-order valence-electron chi connectivity index (χ3n) is 6.89. The summed E-state index contributed by atoms with van der Waals surface area (Å²) in [5.41, 5.74) is 0.304. The number of carbonyl (C=O) groups is 2. The van der Waals surface area contributed by atoms with Gasteiger partial charge in [0.2, 0.25) is 11.8 Å². The van der Waals surface area contributed by atoms with Crippen molar-refractivity contribution in [2.45, 2.75) is 44.1 Å². The van der Waals surface area contributed by atoms with Crippen LogP contribution in [0.4, 0.5) is 0 Å². The minimum atomic E-state index is -0.693. The smallest absolute Gasteiger partial charge is 0.247 e. The summed E-state index contributed by atoms with van der Waals surface area (Å²) in [6, 6.07) is 4.54. The highest BCUT2D eigenvalue weighted by molar-refractivity contribution is 6.35. The molecule has 0 bridgehead atoms. The second kappa shape index (κ2) is 8.89. The average molecular weight is 468 g/mol. The van der Waals surface area contributed by atoms with Crippen LogP contribution in [0.5, 0.6) is 0 Å². The molecule has 6 nitrogen and oxygen atoms in total. The monoisotopic (exact) mass is 467 g/mol. The van der Waals surface area contributed by atoms with Crippen molar-refractivity contribution in [3.8, 4) is 0 Å². The van der Waals surface area contributed by atoms with E-state index in [0.717, 1.165) is 31.5 Å². The highest BCUT2D eigenvalue weighted by Gasteiger charge is 2.53. The lowest BCUT2D eigenvalue weighted by molar-refractivity contribution is -0.140. The number of nitrogens with one attached hydrogen (secondary N) is 1. The Kier molecular flexibility index (Phi) is 6.55. The molecule has 170 valence electrons. The lowest BCUT2D eigenvalue weighted by Crippen LogP contribution is -2.57. The quantitative estimate of drug-likeness (QED) is 0.637. The van der Waals surface area contributed by atoms with Gasteiger partial charge in [0, 0.05) is 36.2 Å². The molecule has 0 spiro atoms. The average Bonchev–Trinajstić information content (AvgIpc) is 3.65. The molecule has 1 aromatic rings. The van der Waals surface area contributed by atoms with Gasteiger partial charge in [-0.05, 0) is 55.8 Å². The predicted octanol–water partition coefficient (Wildman–Crippen LogP) is 3.10. The number of hydrogen-bond acceptors (Lipinski definition) is 4. The number of likely N-dealkylation sites (N-methyl/N-ethyl adjacent to an activating group) is 1. The van der Waals surface area contributed by atoms with E-state index in [9.17, 15) is 9.59 Å². The van der Waals surface area contributed by atoms with Crippen molar-refractivity contribution in [3.05, 3.63) is 33.8 Å². The Morgan fingerprint density at radius 2 is 1.81 bits per heavy atom. The molecule has 31 heavy (non-hydrogen) atoms. The molecule has 2 amide bonds. The molecule has 0 radical (unpaired) electrons. The first kappa shape index (κ1) is 22.8. The van der Waals surface area contributed by atoms with E-state index in [4.69, 9.17) is 27.9 Å². The van der Waals surface area contributed by atoms with Crippen LogP contribution in [-0.4, -0.2) is 74.1 Å². The van der Waals surface area contributed by atoms with E-state index in [2.05, 4.69) is 17.1 Å². The van der Waals surface area contributed by atoms with E-state index in [1.54, 1.807) is 12.1 Å². The standard InChI is InChI=1S/C23H31Cl2N3O3/c1-22(5-6-22)15-31-14-19(20(29)28-11-9-27(2)10-12-28)26-21(30)23(7-8-23)17-4-3-16(24)13-18(17)25/h3-4,13,19H,5-12,14-15H2,1-2H3,(H,26,30)/t19-/m0/s1. The molecule has 1 saturated heterocycles. The molecule has 4 rings (SSSR count). The van der Waals surface area contributed by atoms with E-state index >= 15 is 0 Å². The van der Waals surface area contributed by atoms with Gasteiger partial charge in [0.25, 0.3) is 0 Å². The Hall–Kier alpha value is -1.34. The summed E-state index contributed by atoms with van der Waals surface area (Å²) >= 11 is 12.4. The molecule has 1 N–H and O–H groups in total. The molecule has 8 heteroatoms.